The molecule has 0 spiro atoms. The summed E-state index contributed by atoms with van der Waals surface area (Å²) in [6.07, 6.45) is 0.695. The number of hydrazine groups is 1. The first-order valence-corrected chi connectivity index (χ1v) is 6.98. The molecule has 0 aliphatic rings. The maximum Gasteiger partial charge on any atom is 0.123 e. The number of nitrogens with two attached hydrogens (primary N) is 1. The highest BCUT2D eigenvalue weighted by molar-refractivity contribution is 6.30. The van der Waals surface area contributed by atoms with Gasteiger partial charge in [-0.1, -0.05) is 23.7 Å². The SMILES string of the molecule is COc1ccc(OC)c(C(Cc2cccc(Cl)c2)NN)c1. The molecule has 1 unspecified atom stereocenters. The second-order valence-electron chi connectivity index (χ2n) is 4.66. The molecule has 0 aliphatic heterocycles. The summed E-state index contributed by atoms with van der Waals surface area (Å²) in [6.45, 7) is 0. The van der Waals surface area contributed by atoms with Crippen molar-refractivity contribution in [3.63, 3.8) is 0 Å². The van der Waals surface area contributed by atoms with Crippen LogP contribution in [0.4, 0.5) is 0 Å². The van der Waals surface area contributed by atoms with Crippen LogP contribution in [0.1, 0.15) is 17.2 Å². The fourth-order valence-electron chi connectivity index (χ4n) is 2.27. The summed E-state index contributed by atoms with van der Waals surface area (Å²) >= 11 is 6.03. The molecule has 3 N–H and O–H groups in total. The molecule has 0 saturated heterocycles. The van der Waals surface area contributed by atoms with Gasteiger partial charge < -0.3 is 9.47 Å². The van der Waals surface area contributed by atoms with Crippen LogP contribution in [0.25, 0.3) is 0 Å². The number of hydrogen-bond acceptors (Lipinski definition) is 4. The molecule has 0 amide bonds. The average molecular weight is 307 g/mol. The molecule has 0 fully saturated rings. The van der Waals surface area contributed by atoms with E-state index >= 15 is 0 Å². The largest absolute Gasteiger partial charge is 0.497 e. The highest BCUT2D eigenvalue weighted by Crippen LogP contribution is 2.31. The van der Waals surface area contributed by atoms with E-state index in [9.17, 15) is 0 Å². The third kappa shape index (κ3) is 3.88. The van der Waals surface area contributed by atoms with Crippen molar-refractivity contribution >= 4 is 11.6 Å². The first-order chi connectivity index (χ1) is 10.2. The fourth-order valence-corrected chi connectivity index (χ4v) is 2.48. The molecule has 0 aromatic heterocycles. The van der Waals surface area contributed by atoms with E-state index in [0.717, 1.165) is 22.6 Å². The van der Waals surface area contributed by atoms with Gasteiger partial charge in [0.25, 0.3) is 0 Å². The number of rotatable bonds is 6. The quantitative estimate of drug-likeness (QED) is 0.636. The van der Waals surface area contributed by atoms with E-state index < -0.39 is 0 Å². The maximum absolute atomic E-state index is 6.03. The zero-order valence-electron chi connectivity index (χ0n) is 12.1. The standard InChI is InChI=1S/C16H19ClN2O2/c1-20-13-6-7-16(21-2)14(10-13)15(19-18)9-11-4-3-5-12(17)8-11/h3-8,10,15,19H,9,18H2,1-2H3. The lowest BCUT2D eigenvalue weighted by Crippen LogP contribution is -2.30. The van der Waals surface area contributed by atoms with Gasteiger partial charge in [0, 0.05) is 10.6 Å². The number of benzene rings is 2. The van der Waals surface area contributed by atoms with E-state index in [-0.39, 0.29) is 6.04 Å². The van der Waals surface area contributed by atoms with E-state index in [2.05, 4.69) is 5.43 Å². The van der Waals surface area contributed by atoms with Crippen molar-refractivity contribution in [2.24, 2.45) is 5.84 Å². The van der Waals surface area contributed by atoms with Gasteiger partial charge in [0.05, 0.1) is 20.3 Å². The van der Waals surface area contributed by atoms with Gasteiger partial charge in [-0.3, -0.25) is 11.3 Å². The Kier molecular flexibility index (Phi) is 5.44. The number of nitrogens with one attached hydrogen (secondary N) is 1. The first-order valence-electron chi connectivity index (χ1n) is 6.60. The Bertz CT molecular complexity index is 605. The van der Waals surface area contributed by atoms with E-state index in [0.29, 0.717) is 11.4 Å². The lowest BCUT2D eigenvalue weighted by Gasteiger charge is -2.20. The molecule has 0 aliphatic carbocycles. The Morgan fingerprint density at radius 1 is 1.14 bits per heavy atom. The summed E-state index contributed by atoms with van der Waals surface area (Å²) in [4.78, 5) is 0. The van der Waals surface area contributed by atoms with Crippen LogP contribution in [0.5, 0.6) is 11.5 Å². The van der Waals surface area contributed by atoms with Crippen LogP contribution in [0.15, 0.2) is 42.5 Å². The van der Waals surface area contributed by atoms with Gasteiger partial charge in [0.15, 0.2) is 0 Å². The van der Waals surface area contributed by atoms with E-state index in [1.165, 1.54) is 0 Å². The monoisotopic (exact) mass is 306 g/mol. The molecule has 2 rings (SSSR count). The second-order valence-corrected chi connectivity index (χ2v) is 5.10. The summed E-state index contributed by atoms with van der Waals surface area (Å²) < 4.78 is 10.7. The van der Waals surface area contributed by atoms with Crippen LogP contribution in [0.3, 0.4) is 0 Å². The van der Waals surface area contributed by atoms with Gasteiger partial charge in [-0.05, 0) is 42.3 Å². The summed E-state index contributed by atoms with van der Waals surface area (Å²) in [7, 11) is 3.27. The molecule has 112 valence electrons. The van der Waals surface area contributed by atoms with Gasteiger partial charge in [-0.25, -0.2) is 0 Å². The normalized spacial score (nSPS) is 12.0. The molecule has 4 nitrogen and oxygen atoms in total. The minimum absolute atomic E-state index is 0.103. The van der Waals surface area contributed by atoms with Crippen molar-refractivity contribution in [3.8, 4) is 11.5 Å². The van der Waals surface area contributed by atoms with Crippen molar-refractivity contribution in [2.45, 2.75) is 12.5 Å². The van der Waals surface area contributed by atoms with Gasteiger partial charge in [0.1, 0.15) is 11.5 Å². The summed E-state index contributed by atoms with van der Waals surface area (Å²) in [5.41, 5.74) is 4.87. The lowest BCUT2D eigenvalue weighted by molar-refractivity contribution is 0.389. The molecule has 2 aromatic carbocycles. The number of halogens is 1. The Morgan fingerprint density at radius 2 is 1.95 bits per heavy atom. The molecule has 0 saturated carbocycles. The van der Waals surface area contributed by atoms with Crippen LogP contribution < -0.4 is 20.7 Å². The van der Waals surface area contributed by atoms with Crippen molar-refractivity contribution in [1.29, 1.82) is 0 Å². The Labute approximate surface area is 129 Å². The lowest BCUT2D eigenvalue weighted by atomic mass is 9.98. The molecule has 21 heavy (non-hydrogen) atoms. The van der Waals surface area contributed by atoms with Gasteiger partial charge >= 0.3 is 0 Å². The molecule has 1 atom stereocenters. The summed E-state index contributed by atoms with van der Waals surface area (Å²) in [6, 6.07) is 13.3. The number of hydrogen-bond donors (Lipinski definition) is 2. The third-order valence-electron chi connectivity index (χ3n) is 3.34. The van der Waals surface area contributed by atoms with Gasteiger partial charge in [0.2, 0.25) is 0 Å². The van der Waals surface area contributed by atoms with Crippen LogP contribution >= 0.6 is 11.6 Å². The van der Waals surface area contributed by atoms with Crippen molar-refractivity contribution in [3.05, 3.63) is 58.6 Å². The van der Waals surface area contributed by atoms with Crippen LogP contribution in [0, 0.1) is 0 Å². The molecular formula is C16H19ClN2O2. The Hall–Kier alpha value is -1.75. The molecule has 0 heterocycles. The minimum atomic E-state index is -0.103. The smallest absolute Gasteiger partial charge is 0.123 e. The van der Waals surface area contributed by atoms with Crippen LogP contribution in [-0.2, 0) is 6.42 Å². The molecule has 5 heteroatoms. The van der Waals surface area contributed by atoms with Crippen molar-refractivity contribution in [1.82, 2.24) is 5.43 Å². The predicted octanol–water partition coefficient (Wildman–Crippen LogP) is 3.10. The van der Waals surface area contributed by atoms with Crippen molar-refractivity contribution in [2.75, 3.05) is 14.2 Å². The topological polar surface area (TPSA) is 56.5 Å². The van der Waals surface area contributed by atoms with Crippen molar-refractivity contribution < 1.29 is 9.47 Å². The second kappa shape index (κ2) is 7.31. The summed E-state index contributed by atoms with van der Waals surface area (Å²) in [5, 5.41) is 0.709. The number of ether oxygens (including phenoxy) is 2. The minimum Gasteiger partial charge on any atom is -0.497 e. The zero-order valence-corrected chi connectivity index (χ0v) is 12.9. The zero-order chi connectivity index (χ0) is 15.2. The average Bonchev–Trinajstić information content (AvgIpc) is 2.52. The van der Waals surface area contributed by atoms with Crippen LogP contribution in [-0.4, -0.2) is 14.2 Å². The third-order valence-corrected chi connectivity index (χ3v) is 3.58. The highest BCUT2D eigenvalue weighted by atomic mass is 35.5. The number of methoxy groups -OCH3 is 2. The van der Waals surface area contributed by atoms with E-state index in [1.807, 2.05) is 42.5 Å². The summed E-state index contributed by atoms with van der Waals surface area (Å²) in [5.74, 6) is 7.25. The molecule has 0 radical (unpaired) electrons. The maximum atomic E-state index is 6.03. The first kappa shape index (κ1) is 15.6. The van der Waals surface area contributed by atoms with Crippen LogP contribution in [0.2, 0.25) is 5.02 Å². The van der Waals surface area contributed by atoms with E-state index in [1.54, 1.807) is 14.2 Å². The molecule has 2 aromatic rings. The fraction of sp³-hybridized carbons (Fsp3) is 0.250. The van der Waals surface area contributed by atoms with Gasteiger partial charge in [-0.15, -0.1) is 0 Å². The van der Waals surface area contributed by atoms with E-state index in [4.69, 9.17) is 26.9 Å². The van der Waals surface area contributed by atoms with Gasteiger partial charge in [-0.2, -0.15) is 0 Å². The Morgan fingerprint density at radius 3 is 2.57 bits per heavy atom. The molecule has 0 bridgehead atoms. The molecular weight excluding hydrogens is 288 g/mol. The highest BCUT2D eigenvalue weighted by Gasteiger charge is 2.16. The Balaban J connectivity index is 2.32. The predicted molar refractivity (Wildman–Crippen MR) is 84.8 cm³/mol.